The van der Waals surface area contributed by atoms with Gasteiger partial charge in [-0.1, -0.05) is 6.07 Å². The van der Waals surface area contributed by atoms with Gasteiger partial charge in [-0.3, -0.25) is 4.79 Å². The van der Waals surface area contributed by atoms with Gasteiger partial charge in [-0.05, 0) is 65.9 Å². The zero-order chi connectivity index (χ0) is 26.5. The maximum absolute atomic E-state index is 13.8. The Morgan fingerprint density at radius 2 is 1.47 bits per heavy atom. The number of allylic oxidation sites excluding steroid dienone is 1. The van der Waals surface area contributed by atoms with Gasteiger partial charge >= 0.3 is 29.6 Å². The molecule has 0 atom stereocenters. The van der Waals surface area contributed by atoms with E-state index in [1.165, 1.54) is 21.3 Å². The van der Waals surface area contributed by atoms with E-state index in [2.05, 4.69) is 8.75 Å². The molecular formula is C27H23N2NaO6S2. The smallest absolute Gasteiger partial charge is 0.545 e. The van der Waals surface area contributed by atoms with Gasteiger partial charge in [0, 0.05) is 28.0 Å². The van der Waals surface area contributed by atoms with Crippen molar-refractivity contribution in [1.82, 2.24) is 8.75 Å². The number of benzene rings is 3. The fourth-order valence-electron chi connectivity index (χ4n) is 3.99. The fraction of sp³-hybridized carbons (Fsp3) is 0.185. The van der Waals surface area contributed by atoms with Crippen LogP contribution in [-0.4, -0.2) is 48.1 Å². The summed E-state index contributed by atoms with van der Waals surface area (Å²) in [5, 5.41) is 12.6. The van der Waals surface area contributed by atoms with E-state index >= 15 is 0 Å². The van der Waals surface area contributed by atoms with Crippen molar-refractivity contribution in [2.24, 2.45) is 0 Å². The van der Waals surface area contributed by atoms with Crippen molar-refractivity contribution >= 4 is 51.8 Å². The monoisotopic (exact) mass is 558 g/mol. The Balaban J connectivity index is 0.00000400. The number of thioether (sulfide) groups is 1. The Kier molecular flexibility index (Phi) is 10.3. The molecule has 1 aromatic heterocycles. The van der Waals surface area contributed by atoms with Gasteiger partial charge in [0.15, 0.2) is 17.3 Å². The van der Waals surface area contributed by atoms with Crippen LogP contribution in [-0.2, 0) is 11.2 Å². The molecule has 4 aromatic rings. The first-order chi connectivity index (χ1) is 17.9. The maximum Gasteiger partial charge on any atom is 1.00 e. The molecule has 0 aliphatic carbocycles. The zero-order valence-corrected chi connectivity index (χ0v) is 25.2. The second-order valence-corrected chi connectivity index (χ2v) is 9.28. The van der Waals surface area contributed by atoms with E-state index in [-0.39, 0.29) is 47.1 Å². The van der Waals surface area contributed by atoms with Gasteiger partial charge in [0.2, 0.25) is 5.75 Å². The summed E-state index contributed by atoms with van der Waals surface area (Å²) in [5.41, 5.74) is 2.25. The molecule has 0 fully saturated rings. The van der Waals surface area contributed by atoms with E-state index in [0.717, 1.165) is 16.6 Å². The number of rotatable bonds is 10. The van der Waals surface area contributed by atoms with E-state index in [9.17, 15) is 14.7 Å². The Labute approximate surface area is 250 Å². The first kappa shape index (κ1) is 29.7. The number of ketones is 1. The van der Waals surface area contributed by atoms with Gasteiger partial charge in [0.25, 0.3) is 0 Å². The minimum absolute atomic E-state index is 0. The van der Waals surface area contributed by atoms with Gasteiger partial charge in [-0.15, -0.1) is 11.8 Å². The number of carbonyl (C=O) groups excluding carboxylic acids is 2. The second-order valence-electron chi connectivity index (χ2n) is 7.88. The molecule has 11 heteroatoms. The molecule has 0 spiro atoms. The van der Waals surface area contributed by atoms with E-state index in [1.807, 2.05) is 18.4 Å². The molecule has 0 N–H and O–H groups in total. The molecule has 0 radical (unpaired) electrons. The van der Waals surface area contributed by atoms with Crippen LogP contribution >= 0.6 is 23.5 Å². The largest absolute Gasteiger partial charge is 1.00 e. The molecule has 4 rings (SSSR count). The predicted molar refractivity (Wildman–Crippen MR) is 142 cm³/mol. The standard InChI is InChI=1S/C27H24N2O6S2.Na/c1-33-22-12-15(13-23(34-2)26(22)35-3)11-19(25(30)16-5-8-18(36-4)9-6-16)24(27(31)32)17-7-10-20-21(14-17)29-37-28-20;/h5-10,12-14H,11H2,1-4H3,(H,31,32);/q;+1/p-1/b24-19+;. The van der Waals surface area contributed by atoms with Crippen molar-refractivity contribution in [3.05, 3.63) is 76.9 Å². The van der Waals surface area contributed by atoms with E-state index in [4.69, 9.17) is 14.2 Å². The molecule has 0 saturated heterocycles. The molecule has 0 saturated carbocycles. The minimum Gasteiger partial charge on any atom is -0.545 e. The number of carbonyl (C=O) groups is 2. The van der Waals surface area contributed by atoms with Gasteiger partial charge in [0.05, 0.1) is 39.0 Å². The molecular weight excluding hydrogens is 535 g/mol. The third kappa shape index (κ3) is 6.22. The number of hydrogen-bond donors (Lipinski definition) is 0. The predicted octanol–water partition coefficient (Wildman–Crippen LogP) is 1.07. The normalized spacial score (nSPS) is 11.4. The maximum atomic E-state index is 13.8. The number of Topliss-reactive ketones (excluding diaryl/α,β-unsaturated/α-hetero) is 1. The SMILES string of the molecule is COc1cc(C/C(C(=O)c2ccc(SC)cc2)=C(\C(=O)[O-])c2ccc3nsnc3c2)cc(OC)c1OC.[Na+]. The third-order valence-corrected chi connectivity index (χ3v) is 7.08. The molecule has 0 unspecified atom stereocenters. The summed E-state index contributed by atoms with van der Waals surface area (Å²) >= 11 is 2.57. The number of ether oxygens (including phenoxy) is 3. The van der Waals surface area contributed by atoms with Gasteiger partial charge < -0.3 is 24.1 Å². The number of nitrogens with zero attached hydrogens (tertiary/aromatic N) is 2. The van der Waals surface area contributed by atoms with Crippen LogP contribution in [0.3, 0.4) is 0 Å². The van der Waals surface area contributed by atoms with Crippen LogP contribution in [0.15, 0.2) is 65.1 Å². The number of aromatic nitrogens is 2. The van der Waals surface area contributed by atoms with Gasteiger partial charge in [-0.25, -0.2) is 0 Å². The summed E-state index contributed by atoms with van der Waals surface area (Å²) in [6, 6.07) is 15.3. The third-order valence-electron chi connectivity index (χ3n) is 5.78. The topological polar surface area (TPSA) is 111 Å². The summed E-state index contributed by atoms with van der Waals surface area (Å²) in [6.07, 6.45) is 1.90. The number of fused-ring (bicyclic) bond motifs is 1. The summed E-state index contributed by atoms with van der Waals surface area (Å²) in [4.78, 5) is 27.4. The number of hydrogen-bond acceptors (Lipinski definition) is 10. The Bertz CT molecular complexity index is 1480. The molecule has 0 bridgehead atoms. The number of methoxy groups -OCH3 is 3. The van der Waals surface area contributed by atoms with Crippen molar-refractivity contribution in [2.75, 3.05) is 27.6 Å². The van der Waals surface area contributed by atoms with Crippen LogP contribution in [0.4, 0.5) is 0 Å². The van der Waals surface area contributed by atoms with Gasteiger partial charge in [0.1, 0.15) is 11.0 Å². The number of aliphatic carboxylic acids is 1. The summed E-state index contributed by atoms with van der Waals surface area (Å²) in [5.74, 6) is -0.744. The van der Waals surface area contributed by atoms with Crippen molar-refractivity contribution in [2.45, 2.75) is 11.3 Å². The van der Waals surface area contributed by atoms with Crippen molar-refractivity contribution < 1.29 is 58.5 Å². The zero-order valence-electron chi connectivity index (χ0n) is 21.6. The number of carboxylic acid groups (broad SMARTS) is 1. The molecule has 0 aliphatic heterocycles. The summed E-state index contributed by atoms with van der Waals surface area (Å²) < 4.78 is 24.7. The summed E-state index contributed by atoms with van der Waals surface area (Å²) in [7, 11) is 4.46. The van der Waals surface area contributed by atoms with E-state index < -0.39 is 11.8 Å². The average molecular weight is 559 g/mol. The van der Waals surface area contributed by atoms with Crippen LogP contribution in [0.1, 0.15) is 21.5 Å². The molecule has 38 heavy (non-hydrogen) atoms. The van der Waals surface area contributed by atoms with Crippen LogP contribution < -0.4 is 48.9 Å². The second kappa shape index (κ2) is 13.3. The Morgan fingerprint density at radius 3 is 2.03 bits per heavy atom. The molecule has 3 aromatic carbocycles. The molecule has 1 heterocycles. The molecule has 0 amide bonds. The van der Waals surface area contributed by atoms with E-state index in [0.29, 0.717) is 45.0 Å². The minimum atomic E-state index is -1.47. The Hall–Kier alpha value is -2.89. The summed E-state index contributed by atoms with van der Waals surface area (Å²) in [6.45, 7) is 0. The quantitative estimate of drug-likeness (QED) is 0.122. The van der Waals surface area contributed by atoms with Crippen LogP contribution in [0.25, 0.3) is 16.6 Å². The molecule has 8 nitrogen and oxygen atoms in total. The van der Waals surface area contributed by atoms with E-state index in [1.54, 1.807) is 54.2 Å². The molecule has 190 valence electrons. The van der Waals surface area contributed by atoms with Crippen molar-refractivity contribution in [1.29, 1.82) is 0 Å². The molecule has 0 aliphatic rings. The average Bonchev–Trinajstić information content (AvgIpc) is 3.39. The van der Waals surface area contributed by atoms with Crippen LogP contribution in [0.2, 0.25) is 0 Å². The van der Waals surface area contributed by atoms with Gasteiger partial charge in [-0.2, -0.15) is 8.75 Å². The Morgan fingerprint density at radius 1 is 0.868 bits per heavy atom. The van der Waals surface area contributed by atoms with Crippen LogP contribution in [0, 0.1) is 0 Å². The first-order valence-corrected chi connectivity index (χ1v) is 13.0. The number of carboxylic acids is 1. The first-order valence-electron chi connectivity index (χ1n) is 11.0. The fourth-order valence-corrected chi connectivity index (χ4v) is 4.92. The van der Waals surface area contributed by atoms with Crippen molar-refractivity contribution in [3.8, 4) is 17.2 Å². The van der Waals surface area contributed by atoms with Crippen LogP contribution in [0.5, 0.6) is 17.2 Å². The van der Waals surface area contributed by atoms with Crippen molar-refractivity contribution in [3.63, 3.8) is 0 Å².